The third kappa shape index (κ3) is 4.72. The number of nitrogens with one attached hydrogen (secondary N) is 2. The van der Waals surface area contributed by atoms with Gasteiger partial charge in [-0.1, -0.05) is 29.5 Å². The van der Waals surface area contributed by atoms with E-state index in [9.17, 15) is 0 Å². The minimum atomic E-state index is 0.124. The second-order valence-electron chi connectivity index (χ2n) is 7.60. The normalized spacial score (nSPS) is 11.0. The maximum atomic E-state index is 5.23. The molecule has 0 saturated carbocycles. The summed E-state index contributed by atoms with van der Waals surface area (Å²) in [5.41, 5.74) is 3.52. The predicted octanol–water partition coefficient (Wildman–Crippen LogP) is 4.04. The van der Waals surface area contributed by atoms with Crippen molar-refractivity contribution in [1.82, 2.24) is 25.0 Å². The van der Waals surface area contributed by atoms with Gasteiger partial charge in [0.1, 0.15) is 11.5 Å². The fourth-order valence-electron chi connectivity index (χ4n) is 3.23. The summed E-state index contributed by atoms with van der Waals surface area (Å²) in [6.45, 7) is 5.26. The molecule has 9 nitrogen and oxygen atoms in total. The van der Waals surface area contributed by atoms with Crippen molar-refractivity contribution >= 4 is 22.9 Å². The molecule has 0 atom stereocenters. The molecule has 2 aromatic heterocycles. The van der Waals surface area contributed by atoms with Gasteiger partial charge >= 0.3 is 0 Å². The average Bonchev–Trinajstić information content (AvgIpc) is 3.26. The summed E-state index contributed by atoms with van der Waals surface area (Å²) in [5, 5.41) is 15.3. The molecular formula is C23H27N7O2. The number of nitrogens with zero attached hydrogens (tertiary/aromatic N) is 5. The van der Waals surface area contributed by atoms with Gasteiger partial charge in [0, 0.05) is 13.1 Å². The van der Waals surface area contributed by atoms with Gasteiger partial charge in [0.15, 0.2) is 17.0 Å². The SMILES string of the molecule is COc1ccc(CNc2nc(NCc3ccc(OC)cc3)c3nnn(C(C)C)c3n2)cc1. The van der Waals surface area contributed by atoms with E-state index in [1.165, 1.54) is 0 Å². The molecule has 2 aromatic carbocycles. The van der Waals surface area contributed by atoms with E-state index in [-0.39, 0.29) is 6.04 Å². The summed E-state index contributed by atoms with van der Waals surface area (Å²) >= 11 is 0. The molecule has 4 aromatic rings. The van der Waals surface area contributed by atoms with Crippen molar-refractivity contribution in [3.8, 4) is 11.5 Å². The number of fused-ring (bicyclic) bond motifs is 1. The minimum Gasteiger partial charge on any atom is -0.497 e. The lowest BCUT2D eigenvalue weighted by Crippen LogP contribution is -2.10. The van der Waals surface area contributed by atoms with Gasteiger partial charge in [-0.05, 0) is 49.2 Å². The number of benzene rings is 2. The van der Waals surface area contributed by atoms with E-state index in [0.29, 0.717) is 36.0 Å². The number of anilines is 2. The maximum Gasteiger partial charge on any atom is 0.227 e. The second-order valence-corrected chi connectivity index (χ2v) is 7.60. The molecule has 2 N–H and O–H groups in total. The van der Waals surface area contributed by atoms with E-state index >= 15 is 0 Å². The fourth-order valence-corrected chi connectivity index (χ4v) is 3.23. The highest BCUT2D eigenvalue weighted by molar-refractivity contribution is 5.83. The lowest BCUT2D eigenvalue weighted by Gasteiger charge is -2.11. The fraction of sp³-hybridized carbons (Fsp3) is 0.304. The molecular weight excluding hydrogens is 406 g/mol. The van der Waals surface area contributed by atoms with E-state index < -0.39 is 0 Å². The van der Waals surface area contributed by atoms with Crippen LogP contribution in [0.25, 0.3) is 11.2 Å². The zero-order valence-electron chi connectivity index (χ0n) is 18.7. The van der Waals surface area contributed by atoms with Gasteiger partial charge in [0.2, 0.25) is 5.95 Å². The highest BCUT2D eigenvalue weighted by atomic mass is 16.5. The molecule has 0 spiro atoms. The van der Waals surface area contributed by atoms with Crippen molar-refractivity contribution in [2.75, 3.05) is 24.9 Å². The Morgan fingerprint density at radius 2 is 1.38 bits per heavy atom. The summed E-state index contributed by atoms with van der Waals surface area (Å²) in [5.74, 6) is 2.79. The standard InChI is InChI=1S/C23H27N7O2/c1-15(2)30-22-20(28-29-30)21(24-13-16-5-9-18(31-3)10-6-16)26-23(27-22)25-14-17-7-11-19(32-4)12-8-17/h5-12,15H,13-14H2,1-4H3,(H2,24,25,26,27). The van der Waals surface area contributed by atoms with E-state index in [1.54, 1.807) is 18.9 Å². The van der Waals surface area contributed by atoms with Crippen LogP contribution >= 0.6 is 0 Å². The number of hydrogen-bond acceptors (Lipinski definition) is 8. The largest absolute Gasteiger partial charge is 0.497 e. The first-order chi connectivity index (χ1) is 15.6. The topological polar surface area (TPSA) is 99.0 Å². The molecule has 166 valence electrons. The summed E-state index contributed by atoms with van der Waals surface area (Å²) in [6.07, 6.45) is 0. The summed E-state index contributed by atoms with van der Waals surface area (Å²) < 4.78 is 12.3. The summed E-state index contributed by atoms with van der Waals surface area (Å²) in [4.78, 5) is 9.35. The Morgan fingerprint density at radius 1 is 0.812 bits per heavy atom. The molecule has 0 amide bonds. The highest BCUT2D eigenvalue weighted by Gasteiger charge is 2.16. The van der Waals surface area contributed by atoms with Crippen molar-refractivity contribution in [2.45, 2.75) is 33.0 Å². The first-order valence-electron chi connectivity index (χ1n) is 10.4. The second kappa shape index (κ2) is 9.51. The van der Waals surface area contributed by atoms with E-state index in [2.05, 4.69) is 30.9 Å². The number of rotatable bonds is 9. The number of methoxy groups -OCH3 is 2. The maximum absolute atomic E-state index is 5.23. The molecule has 0 unspecified atom stereocenters. The van der Waals surface area contributed by atoms with Crippen LogP contribution in [0.3, 0.4) is 0 Å². The Bertz CT molecular complexity index is 1170. The average molecular weight is 434 g/mol. The van der Waals surface area contributed by atoms with Crippen LogP contribution in [0, 0.1) is 0 Å². The molecule has 4 rings (SSSR count). The number of ether oxygens (including phenoxy) is 2. The zero-order valence-corrected chi connectivity index (χ0v) is 18.7. The Balaban J connectivity index is 1.58. The van der Waals surface area contributed by atoms with Gasteiger partial charge in [-0.15, -0.1) is 5.10 Å². The van der Waals surface area contributed by atoms with Crippen LogP contribution in [0.1, 0.15) is 31.0 Å². The van der Waals surface area contributed by atoms with Crippen LogP contribution in [0.15, 0.2) is 48.5 Å². The van der Waals surface area contributed by atoms with Gasteiger partial charge in [0.05, 0.1) is 20.3 Å². The first-order valence-corrected chi connectivity index (χ1v) is 10.4. The molecule has 0 radical (unpaired) electrons. The van der Waals surface area contributed by atoms with Crippen LogP contribution in [-0.4, -0.2) is 39.2 Å². The molecule has 0 aliphatic rings. The van der Waals surface area contributed by atoms with Gasteiger partial charge in [-0.25, -0.2) is 4.68 Å². The molecule has 0 bridgehead atoms. The molecule has 9 heteroatoms. The Kier molecular flexibility index (Phi) is 6.34. The van der Waals surface area contributed by atoms with Gasteiger partial charge in [-0.2, -0.15) is 9.97 Å². The van der Waals surface area contributed by atoms with Crippen molar-refractivity contribution < 1.29 is 9.47 Å². The summed E-state index contributed by atoms with van der Waals surface area (Å²) in [6, 6.07) is 15.9. The quantitative estimate of drug-likeness (QED) is 0.408. The summed E-state index contributed by atoms with van der Waals surface area (Å²) in [7, 11) is 3.31. The highest BCUT2D eigenvalue weighted by Crippen LogP contribution is 2.23. The monoisotopic (exact) mass is 433 g/mol. The van der Waals surface area contributed by atoms with Gasteiger partial charge < -0.3 is 20.1 Å². The molecule has 0 fully saturated rings. The third-order valence-electron chi connectivity index (χ3n) is 5.04. The lowest BCUT2D eigenvalue weighted by molar-refractivity contribution is 0.414. The first kappa shape index (κ1) is 21.4. The van der Waals surface area contributed by atoms with Crippen LogP contribution in [0.4, 0.5) is 11.8 Å². The van der Waals surface area contributed by atoms with E-state index in [0.717, 1.165) is 22.6 Å². The lowest BCUT2D eigenvalue weighted by atomic mass is 10.2. The zero-order chi connectivity index (χ0) is 22.5. The Morgan fingerprint density at radius 3 is 1.91 bits per heavy atom. The molecule has 0 aliphatic heterocycles. The van der Waals surface area contributed by atoms with E-state index in [4.69, 9.17) is 9.47 Å². The van der Waals surface area contributed by atoms with E-state index in [1.807, 2.05) is 62.4 Å². The predicted molar refractivity (Wildman–Crippen MR) is 124 cm³/mol. The smallest absolute Gasteiger partial charge is 0.227 e. The van der Waals surface area contributed by atoms with Crippen LogP contribution < -0.4 is 20.1 Å². The molecule has 0 saturated heterocycles. The van der Waals surface area contributed by atoms with Crippen molar-refractivity contribution in [3.63, 3.8) is 0 Å². The minimum absolute atomic E-state index is 0.124. The molecule has 2 heterocycles. The number of aromatic nitrogens is 5. The van der Waals surface area contributed by atoms with Gasteiger partial charge in [0.25, 0.3) is 0 Å². The van der Waals surface area contributed by atoms with Crippen molar-refractivity contribution in [3.05, 3.63) is 59.7 Å². The Labute approximate surface area is 186 Å². The Hall–Kier alpha value is -3.88. The van der Waals surface area contributed by atoms with Crippen molar-refractivity contribution in [1.29, 1.82) is 0 Å². The van der Waals surface area contributed by atoms with Gasteiger partial charge in [-0.3, -0.25) is 0 Å². The van der Waals surface area contributed by atoms with Crippen LogP contribution in [-0.2, 0) is 13.1 Å². The molecule has 0 aliphatic carbocycles. The van der Waals surface area contributed by atoms with Crippen molar-refractivity contribution in [2.24, 2.45) is 0 Å². The third-order valence-corrected chi connectivity index (χ3v) is 5.04. The van der Waals surface area contributed by atoms with Crippen LogP contribution in [0.2, 0.25) is 0 Å². The molecule has 32 heavy (non-hydrogen) atoms. The number of hydrogen-bond donors (Lipinski definition) is 2. The van der Waals surface area contributed by atoms with Crippen LogP contribution in [0.5, 0.6) is 11.5 Å².